The summed E-state index contributed by atoms with van der Waals surface area (Å²) >= 11 is 6.51. The van der Waals surface area contributed by atoms with Crippen molar-refractivity contribution in [3.63, 3.8) is 0 Å². The number of halogens is 1. The molecule has 1 aliphatic carbocycles. The number of fused-ring (bicyclic) bond motifs is 3. The first kappa shape index (κ1) is 18.3. The topological polar surface area (TPSA) is 21.3 Å². The lowest BCUT2D eigenvalue weighted by Gasteiger charge is -2.38. The average Bonchev–Trinajstić information content (AvgIpc) is 3.24. The predicted octanol–water partition coefficient (Wildman–Crippen LogP) is 7.05. The summed E-state index contributed by atoms with van der Waals surface area (Å²) in [4.78, 5) is 0. The van der Waals surface area contributed by atoms with E-state index in [1.807, 2.05) is 12.1 Å². The van der Waals surface area contributed by atoms with Gasteiger partial charge in [-0.3, -0.25) is 0 Å². The summed E-state index contributed by atoms with van der Waals surface area (Å²) in [6.07, 6.45) is 5.73. The van der Waals surface area contributed by atoms with Crippen molar-refractivity contribution in [1.29, 1.82) is 0 Å². The molecule has 0 aromatic heterocycles. The Labute approximate surface area is 177 Å². The summed E-state index contributed by atoms with van der Waals surface area (Å²) < 4.78 is 5.98. The van der Waals surface area contributed by atoms with Gasteiger partial charge in [0.25, 0.3) is 0 Å². The number of nitrogens with one attached hydrogen (secondary N) is 1. The number of allylic oxidation sites excluding steroid dienone is 2. The Morgan fingerprint density at radius 1 is 1.00 bits per heavy atom. The SMILES string of the molecule is Cc1ccc(COc2ccc(C3Nc4c(Cl)cccc4C4C=CCC43)cc2)cc1. The van der Waals surface area contributed by atoms with E-state index < -0.39 is 0 Å². The van der Waals surface area contributed by atoms with Crippen molar-refractivity contribution in [2.45, 2.75) is 31.9 Å². The molecule has 2 aliphatic rings. The highest BCUT2D eigenvalue weighted by molar-refractivity contribution is 6.33. The molecule has 2 nitrogen and oxygen atoms in total. The summed E-state index contributed by atoms with van der Waals surface area (Å²) in [5.74, 6) is 1.83. The number of anilines is 1. The number of rotatable bonds is 4. The van der Waals surface area contributed by atoms with E-state index in [1.165, 1.54) is 22.3 Å². The maximum absolute atomic E-state index is 6.51. The third-order valence-corrected chi connectivity index (χ3v) is 6.43. The van der Waals surface area contributed by atoms with Crippen LogP contribution in [0.4, 0.5) is 5.69 Å². The molecule has 1 aliphatic heterocycles. The van der Waals surface area contributed by atoms with Gasteiger partial charge in [0.05, 0.1) is 16.8 Å². The highest BCUT2D eigenvalue weighted by Gasteiger charge is 2.38. The van der Waals surface area contributed by atoms with E-state index >= 15 is 0 Å². The quantitative estimate of drug-likeness (QED) is 0.472. The maximum atomic E-state index is 6.51. The minimum absolute atomic E-state index is 0.244. The third kappa shape index (κ3) is 3.54. The van der Waals surface area contributed by atoms with Crippen LogP contribution in [0.3, 0.4) is 0 Å². The van der Waals surface area contributed by atoms with Crippen LogP contribution in [0.2, 0.25) is 5.02 Å². The van der Waals surface area contributed by atoms with E-state index in [0.29, 0.717) is 18.4 Å². The lowest BCUT2D eigenvalue weighted by Crippen LogP contribution is -2.29. The predicted molar refractivity (Wildman–Crippen MR) is 120 cm³/mol. The number of para-hydroxylation sites is 1. The fourth-order valence-electron chi connectivity index (χ4n) is 4.54. The highest BCUT2D eigenvalue weighted by Crippen LogP contribution is 2.51. The number of hydrogen-bond acceptors (Lipinski definition) is 2. The van der Waals surface area contributed by atoms with E-state index in [9.17, 15) is 0 Å². The Hall–Kier alpha value is -2.71. The van der Waals surface area contributed by atoms with Crippen molar-refractivity contribution in [1.82, 2.24) is 0 Å². The lowest BCUT2D eigenvalue weighted by atomic mass is 9.77. The molecule has 3 atom stereocenters. The molecule has 1 heterocycles. The summed E-state index contributed by atoms with van der Waals surface area (Å²) in [5.41, 5.74) is 6.10. The molecule has 146 valence electrons. The molecule has 0 bridgehead atoms. The van der Waals surface area contributed by atoms with Gasteiger partial charge in [-0.25, -0.2) is 0 Å². The van der Waals surface area contributed by atoms with Gasteiger partial charge in [-0.1, -0.05) is 77.8 Å². The van der Waals surface area contributed by atoms with Crippen molar-refractivity contribution >= 4 is 17.3 Å². The van der Waals surface area contributed by atoms with Gasteiger partial charge < -0.3 is 10.1 Å². The molecule has 3 heteroatoms. The normalized spacial score (nSPS) is 21.9. The van der Waals surface area contributed by atoms with E-state index in [-0.39, 0.29) is 6.04 Å². The van der Waals surface area contributed by atoms with Crippen LogP contribution in [0.15, 0.2) is 78.9 Å². The van der Waals surface area contributed by atoms with E-state index in [0.717, 1.165) is 22.9 Å². The van der Waals surface area contributed by atoms with Crippen LogP contribution in [0.1, 0.15) is 40.6 Å². The van der Waals surface area contributed by atoms with Crippen LogP contribution in [-0.4, -0.2) is 0 Å². The Balaban J connectivity index is 1.34. The molecule has 5 rings (SSSR count). The Morgan fingerprint density at radius 3 is 2.59 bits per heavy atom. The highest BCUT2D eigenvalue weighted by atomic mass is 35.5. The summed E-state index contributed by atoms with van der Waals surface area (Å²) in [5, 5.41) is 4.52. The lowest BCUT2D eigenvalue weighted by molar-refractivity contribution is 0.306. The van der Waals surface area contributed by atoms with Crippen LogP contribution in [-0.2, 0) is 6.61 Å². The molecule has 0 spiro atoms. The van der Waals surface area contributed by atoms with Gasteiger partial charge in [-0.05, 0) is 54.2 Å². The fourth-order valence-corrected chi connectivity index (χ4v) is 4.77. The van der Waals surface area contributed by atoms with Crippen LogP contribution < -0.4 is 10.1 Å². The summed E-state index contributed by atoms with van der Waals surface area (Å²) in [7, 11) is 0. The minimum Gasteiger partial charge on any atom is -0.489 e. The van der Waals surface area contributed by atoms with Crippen LogP contribution in [0, 0.1) is 12.8 Å². The number of hydrogen-bond donors (Lipinski definition) is 1. The van der Waals surface area contributed by atoms with Crippen LogP contribution in [0.25, 0.3) is 0 Å². The molecule has 29 heavy (non-hydrogen) atoms. The van der Waals surface area contributed by atoms with Crippen molar-refractivity contribution in [2.75, 3.05) is 5.32 Å². The minimum atomic E-state index is 0.244. The zero-order chi connectivity index (χ0) is 19.8. The number of benzene rings is 3. The molecular weight excluding hydrogens is 378 g/mol. The first-order chi connectivity index (χ1) is 14.2. The van der Waals surface area contributed by atoms with Crippen LogP contribution >= 0.6 is 11.6 Å². The van der Waals surface area contributed by atoms with Gasteiger partial charge in [0.1, 0.15) is 12.4 Å². The molecule has 0 amide bonds. The Kier molecular flexibility index (Phi) is 4.81. The maximum Gasteiger partial charge on any atom is 0.119 e. The molecule has 0 saturated carbocycles. The first-order valence-corrected chi connectivity index (χ1v) is 10.6. The Bertz CT molecular complexity index is 1040. The molecule has 0 fully saturated rings. The van der Waals surface area contributed by atoms with Crippen molar-refractivity contribution in [3.8, 4) is 5.75 Å². The van der Waals surface area contributed by atoms with E-state index in [1.54, 1.807) is 0 Å². The summed E-state index contributed by atoms with van der Waals surface area (Å²) in [6, 6.07) is 23.4. The number of aryl methyl sites for hydroxylation is 1. The molecule has 0 radical (unpaired) electrons. The average molecular weight is 402 g/mol. The zero-order valence-electron chi connectivity index (χ0n) is 16.4. The molecule has 3 aromatic carbocycles. The number of ether oxygens (including phenoxy) is 1. The smallest absolute Gasteiger partial charge is 0.119 e. The first-order valence-electron chi connectivity index (χ1n) is 10.2. The van der Waals surface area contributed by atoms with Crippen molar-refractivity contribution < 1.29 is 4.74 Å². The van der Waals surface area contributed by atoms with Crippen molar-refractivity contribution in [3.05, 3.63) is 106 Å². The molecule has 3 aromatic rings. The largest absolute Gasteiger partial charge is 0.489 e. The third-order valence-electron chi connectivity index (χ3n) is 6.11. The second kappa shape index (κ2) is 7.61. The second-order valence-electron chi connectivity index (χ2n) is 8.02. The Morgan fingerprint density at radius 2 is 1.79 bits per heavy atom. The van der Waals surface area contributed by atoms with Gasteiger partial charge in [0.15, 0.2) is 0 Å². The van der Waals surface area contributed by atoms with Gasteiger partial charge >= 0.3 is 0 Å². The second-order valence-corrected chi connectivity index (χ2v) is 8.43. The van der Waals surface area contributed by atoms with Crippen LogP contribution in [0.5, 0.6) is 5.75 Å². The van der Waals surface area contributed by atoms with E-state index in [2.05, 4.69) is 79.0 Å². The van der Waals surface area contributed by atoms with Gasteiger partial charge in [-0.15, -0.1) is 0 Å². The molecule has 1 N–H and O–H groups in total. The monoisotopic (exact) mass is 401 g/mol. The molecule has 3 unspecified atom stereocenters. The standard InChI is InChI=1S/C26H24ClNO/c1-17-8-10-18(11-9-17)16-29-20-14-12-19(13-15-20)25-22-5-2-4-21(22)23-6-3-7-24(27)26(23)28-25/h2-4,6-15,21-22,25,28H,5,16H2,1H3. The zero-order valence-corrected chi connectivity index (χ0v) is 17.2. The fraction of sp³-hybridized carbons (Fsp3) is 0.231. The molecule has 0 saturated heterocycles. The van der Waals surface area contributed by atoms with E-state index in [4.69, 9.17) is 16.3 Å². The molecular formula is C26H24ClNO. The van der Waals surface area contributed by atoms with Crippen molar-refractivity contribution in [2.24, 2.45) is 5.92 Å². The van der Waals surface area contributed by atoms with Gasteiger partial charge in [-0.2, -0.15) is 0 Å². The van der Waals surface area contributed by atoms with Gasteiger partial charge in [0.2, 0.25) is 0 Å². The summed E-state index contributed by atoms with van der Waals surface area (Å²) in [6.45, 7) is 2.68. The van der Waals surface area contributed by atoms with Gasteiger partial charge in [0, 0.05) is 5.92 Å².